The van der Waals surface area contributed by atoms with Gasteiger partial charge in [0, 0.05) is 12.8 Å². The first kappa shape index (κ1) is 35.7. The summed E-state index contributed by atoms with van der Waals surface area (Å²) >= 11 is 0. The summed E-state index contributed by atoms with van der Waals surface area (Å²) in [5, 5.41) is 16.7. The molecule has 0 spiro atoms. The van der Waals surface area contributed by atoms with Crippen LogP contribution in [0.25, 0.3) is 0 Å². The first-order valence-electron chi connectivity index (χ1n) is 12.2. The summed E-state index contributed by atoms with van der Waals surface area (Å²) in [6.07, 6.45) is 2.17. The molecule has 0 radical (unpaired) electrons. The molecule has 0 saturated heterocycles. The predicted octanol–water partition coefficient (Wildman–Crippen LogP) is 5.80. The van der Waals surface area contributed by atoms with E-state index in [-0.39, 0.29) is 25.9 Å². The number of hydrogen-bond donors (Lipinski definition) is 5. The zero-order valence-corrected chi connectivity index (χ0v) is 23.0. The van der Waals surface area contributed by atoms with Gasteiger partial charge in [-0.3, -0.25) is 19.4 Å². The van der Waals surface area contributed by atoms with Crippen molar-refractivity contribution >= 4 is 19.5 Å². The summed E-state index contributed by atoms with van der Waals surface area (Å²) in [5.41, 5.74) is 8.33. The number of hydroxylamine groups is 1. The Morgan fingerprint density at radius 3 is 1.31 bits per heavy atom. The van der Waals surface area contributed by atoms with E-state index in [0.29, 0.717) is 25.7 Å². The van der Waals surface area contributed by atoms with E-state index in [1.54, 1.807) is 5.48 Å². The summed E-state index contributed by atoms with van der Waals surface area (Å²) in [5.74, 6) is -1.09. The number of amides is 1. The van der Waals surface area contributed by atoms with Crippen LogP contribution >= 0.6 is 7.60 Å². The quantitative estimate of drug-likeness (QED) is 0.127. The lowest BCUT2D eigenvalue weighted by atomic mass is 10.1. The van der Waals surface area contributed by atoms with Crippen molar-refractivity contribution in [2.45, 2.75) is 60.3 Å². The molecule has 0 aliphatic carbocycles. The van der Waals surface area contributed by atoms with Gasteiger partial charge in [-0.2, -0.15) is 0 Å². The Hall–Kier alpha value is -3.29. The maximum absolute atomic E-state index is 10.7. The minimum absolute atomic E-state index is 0. The topological polar surface area (TPSA) is 144 Å². The highest BCUT2D eigenvalue weighted by atomic mass is 31.2. The number of aryl methyl sites for hydroxylation is 6. The lowest BCUT2D eigenvalue weighted by Crippen LogP contribution is -2.18. The zero-order chi connectivity index (χ0) is 28.6. The molecule has 3 rings (SSSR count). The maximum Gasteiger partial charge on any atom is 0.325 e. The molecule has 0 heterocycles. The zero-order valence-electron chi connectivity index (χ0n) is 22.1. The van der Waals surface area contributed by atoms with Gasteiger partial charge in [-0.15, -0.1) is 0 Å². The molecule has 1 amide bonds. The van der Waals surface area contributed by atoms with E-state index < -0.39 is 13.6 Å². The van der Waals surface area contributed by atoms with E-state index >= 15 is 0 Å². The third-order valence-corrected chi connectivity index (χ3v) is 6.25. The molecule has 8 nitrogen and oxygen atoms in total. The van der Waals surface area contributed by atoms with Crippen molar-refractivity contribution in [2.24, 2.45) is 0 Å². The highest BCUT2D eigenvalue weighted by Crippen LogP contribution is 2.34. The Morgan fingerprint density at radius 1 is 0.667 bits per heavy atom. The van der Waals surface area contributed by atoms with Crippen molar-refractivity contribution in [3.63, 3.8) is 0 Å². The molecule has 3 aromatic rings. The van der Waals surface area contributed by atoms with E-state index in [9.17, 15) is 14.2 Å². The van der Waals surface area contributed by atoms with E-state index in [4.69, 9.17) is 20.1 Å². The normalized spacial score (nSPS) is 10.1. The molecular formula is C30H42NO7P. The molecule has 0 atom stereocenters. The molecule has 3 aromatic carbocycles. The average molecular weight is 560 g/mol. The highest BCUT2D eigenvalue weighted by Gasteiger charge is 2.11. The van der Waals surface area contributed by atoms with Crippen molar-refractivity contribution in [2.75, 3.05) is 6.16 Å². The van der Waals surface area contributed by atoms with E-state index in [2.05, 4.69) is 0 Å². The first-order valence-corrected chi connectivity index (χ1v) is 14.0. The second-order valence-electron chi connectivity index (χ2n) is 9.02. The minimum Gasteiger partial charge on any atom is -0.481 e. The van der Waals surface area contributed by atoms with Gasteiger partial charge in [-0.1, -0.05) is 96.9 Å². The summed E-state index contributed by atoms with van der Waals surface area (Å²) in [6.45, 7) is 6.01. The fraction of sp³-hybridized carbons (Fsp3) is 0.333. The van der Waals surface area contributed by atoms with Crippen molar-refractivity contribution in [3.05, 3.63) is 106 Å². The molecule has 0 saturated carbocycles. The Bertz CT molecular complexity index is 1160. The molecule has 0 unspecified atom stereocenters. The van der Waals surface area contributed by atoms with Crippen LogP contribution in [0.3, 0.4) is 0 Å². The average Bonchev–Trinajstić information content (AvgIpc) is 2.88. The highest BCUT2D eigenvalue weighted by molar-refractivity contribution is 7.51. The number of benzene rings is 3. The van der Waals surface area contributed by atoms with Gasteiger partial charge >= 0.3 is 13.6 Å². The summed E-state index contributed by atoms with van der Waals surface area (Å²) in [6, 6.07) is 23.6. The number of carboxylic acids is 1. The van der Waals surface area contributed by atoms with Crippen molar-refractivity contribution in [1.82, 2.24) is 5.48 Å². The van der Waals surface area contributed by atoms with Crippen LogP contribution in [0.4, 0.5) is 0 Å². The Morgan fingerprint density at radius 2 is 1.00 bits per heavy atom. The number of nitrogens with one attached hydrogen (secondary N) is 1. The van der Waals surface area contributed by atoms with Crippen LogP contribution < -0.4 is 5.48 Å². The van der Waals surface area contributed by atoms with Gasteiger partial charge in [-0.25, -0.2) is 5.48 Å². The van der Waals surface area contributed by atoms with Crippen LogP contribution in [-0.4, -0.2) is 38.1 Å². The van der Waals surface area contributed by atoms with Gasteiger partial charge in [0.1, 0.15) is 0 Å². The third-order valence-electron chi connectivity index (χ3n) is 5.45. The lowest BCUT2D eigenvalue weighted by Gasteiger charge is -2.03. The van der Waals surface area contributed by atoms with E-state index in [1.807, 2.05) is 93.6 Å². The Balaban J connectivity index is 0.000000549. The lowest BCUT2D eigenvalue weighted by molar-refractivity contribution is -0.137. The van der Waals surface area contributed by atoms with Crippen LogP contribution in [-0.2, 0) is 33.4 Å². The fourth-order valence-electron chi connectivity index (χ4n) is 3.10. The molecule has 39 heavy (non-hydrogen) atoms. The molecule has 0 aromatic heterocycles. The molecule has 0 aliphatic rings. The van der Waals surface area contributed by atoms with Gasteiger partial charge in [0.15, 0.2) is 0 Å². The van der Waals surface area contributed by atoms with Crippen LogP contribution in [0, 0.1) is 20.8 Å². The summed E-state index contributed by atoms with van der Waals surface area (Å²) < 4.78 is 10.6. The number of carbonyl (C=O) groups is 2. The van der Waals surface area contributed by atoms with Gasteiger partial charge < -0.3 is 14.9 Å². The predicted molar refractivity (Wildman–Crippen MR) is 155 cm³/mol. The fourth-order valence-corrected chi connectivity index (χ4v) is 3.65. The van der Waals surface area contributed by atoms with Crippen molar-refractivity contribution < 1.29 is 34.3 Å². The molecule has 0 aliphatic heterocycles. The smallest absolute Gasteiger partial charge is 0.325 e. The van der Waals surface area contributed by atoms with Gasteiger partial charge in [0.05, 0.1) is 6.16 Å². The number of carboxylic acid groups (broad SMARTS) is 1. The van der Waals surface area contributed by atoms with Gasteiger partial charge in [0.2, 0.25) is 5.91 Å². The first-order chi connectivity index (χ1) is 17.9. The maximum atomic E-state index is 10.7. The summed E-state index contributed by atoms with van der Waals surface area (Å²) in [4.78, 5) is 38.2. The van der Waals surface area contributed by atoms with Crippen LogP contribution in [0.15, 0.2) is 72.8 Å². The van der Waals surface area contributed by atoms with Gasteiger partial charge in [-0.05, 0) is 56.7 Å². The Labute approximate surface area is 231 Å². The van der Waals surface area contributed by atoms with Crippen molar-refractivity contribution in [1.29, 1.82) is 0 Å². The van der Waals surface area contributed by atoms with E-state index in [1.165, 1.54) is 11.1 Å². The number of rotatable bonds is 9. The second kappa shape index (κ2) is 18.9. The molecule has 214 valence electrons. The number of carbonyl (C=O) groups excluding carboxylic acids is 1. The van der Waals surface area contributed by atoms with Crippen LogP contribution in [0.5, 0.6) is 0 Å². The molecule has 0 bridgehead atoms. The number of hydrogen-bond acceptors (Lipinski definition) is 4. The van der Waals surface area contributed by atoms with Gasteiger partial charge in [0.25, 0.3) is 0 Å². The van der Waals surface area contributed by atoms with Crippen LogP contribution in [0.1, 0.15) is 53.6 Å². The minimum atomic E-state index is -3.84. The van der Waals surface area contributed by atoms with Crippen molar-refractivity contribution in [3.8, 4) is 0 Å². The Kier molecular flexibility index (Phi) is 17.3. The molecule has 5 N–H and O–H groups in total. The molecule has 0 fully saturated rings. The second-order valence-corrected chi connectivity index (χ2v) is 10.8. The third kappa shape index (κ3) is 18.6. The molecule has 9 heteroatoms. The number of aliphatic carboxylic acids is 1. The van der Waals surface area contributed by atoms with E-state index in [0.717, 1.165) is 22.3 Å². The largest absolute Gasteiger partial charge is 0.481 e. The molecular weight excluding hydrogens is 517 g/mol. The standard InChI is InChI=1S/C10H13NO2.C10H12O2.C9H13O3P.CH4/c1-8-2-4-9(5-3-8)6-7-10(12)11-13;1-8-2-4-9(5-3-8)6-7-10(11)12;1-8-2-4-9(5-3-8)6-7-13(10,11)12;/h2-5,13H,6-7H2,1H3,(H,11,12);2-5H,6-7H2,1H3,(H,11,12);2-5H,6-7H2,1H3,(H2,10,11,12);1H4. The summed E-state index contributed by atoms with van der Waals surface area (Å²) in [7, 11) is -3.84. The SMILES string of the molecule is C.Cc1ccc(CCC(=O)NO)cc1.Cc1ccc(CCC(=O)O)cc1.Cc1ccc(CCP(=O)(O)O)cc1. The van der Waals surface area contributed by atoms with Crippen LogP contribution in [0.2, 0.25) is 0 Å². The monoisotopic (exact) mass is 559 g/mol.